The molecule has 0 fully saturated rings. The second kappa shape index (κ2) is 6.53. The molecule has 0 unspecified atom stereocenters. The highest BCUT2D eigenvalue weighted by Crippen LogP contribution is 2.36. The maximum Gasteiger partial charge on any atom is 0.118 e. The van der Waals surface area contributed by atoms with Crippen molar-refractivity contribution in [2.24, 2.45) is 10.3 Å². The van der Waals surface area contributed by atoms with Gasteiger partial charge in [0.2, 0.25) is 0 Å². The highest BCUT2D eigenvalue weighted by molar-refractivity contribution is 5.68. The number of unbranched alkanes of at least 4 members (excludes halogenated alkanes) is 5. The van der Waals surface area contributed by atoms with Crippen LogP contribution in [-0.2, 0) is 6.42 Å². The molecular weight excluding hydrogens is 222 g/mol. The minimum Gasteiger partial charge on any atom is -0.128 e. The summed E-state index contributed by atoms with van der Waals surface area (Å²) in [7, 11) is 0. The van der Waals surface area contributed by atoms with E-state index in [1.54, 1.807) is 0 Å². The molecule has 97 valence electrons. The molecule has 1 radical (unpaired) electrons. The number of benzene rings is 1. The van der Waals surface area contributed by atoms with Gasteiger partial charge in [0.1, 0.15) is 11.4 Å². The van der Waals surface area contributed by atoms with Crippen molar-refractivity contribution in [3.05, 3.63) is 23.3 Å². The van der Waals surface area contributed by atoms with Gasteiger partial charge in [-0.15, -0.1) is 10.5 Å². The summed E-state index contributed by atoms with van der Waals surface area (Å²) < 4.78 is 0. The van der Waals surface area contributed by atoms with E-state index in [2.05, 4.69) is 35.7 Å². The van der Waals surface area contributed by atoms with E-state index in [1.165, 1.54) is 49.7 Å². The number of hydrogen-bond donors (Lipinski definition) is 0. The first-order valence-corrected chi connectivity index (χ1v) is 7.07. The lowest BCUT2D eigenvalue weighted by molar-refractivity contribution is 0.607. The van der Waals surface area contributed by atoms with E-state index >= 15 is 0 Å². The Morgan fingerprint density at radius 1 is 1.00 bits per heavy atom. The van der Waals surface area contributed by atoms with E-state index in [0.717, 1.165) is 17.8 Å². The van der Waals surface area contributed by atoms with Gasteiger partial charge in [-0.1, -0.05) is 45.1 Å². The molecule has 0 aliphatic carbocycles. The maximum absolute atomic E-state index is 4.15. The predicted molar refractivity (Wildman–Crippen MR) is 74.6 cm³/mol. The molecular formula is C15H22N3. The molecule has 0 aromatic heterocycles. The van der Waals surface area contributed by atoms with Crippen molar-refractivity contribution in [3.63, 3.8) is 0 Å². The van der Waals surface area contributed by atoms with Crippen LogP contribution in [-0.4, -0.2) is 0 Å². The Morgan fingerprint density at radius 3 is 2.61 bits per heavy atom. The number of fused-ring (bicyclic) bond motifs is 1. The molecule has 0 saturated carbocycles. The summed E-state index contributed by atoms with van der Waals surface area (Å²) in [5.74, 6) is 0. The van der Waals surface area contributed by atoms with Gasteiger partial charge in [0.25, 0.3) is 0 Å². The van der Waals surface area contributed by atoms with Gasteiger partial charge >= 0.3 is 0 Å². The van der Waals surface area contributed by atoms with Crippen LogP contribution in [0.15, 0.2) is 22.5 Å². The van der Waals surface area contributed by atoms with E-state index in [9.17, 15) is 0 Å². The molecule has 1 aliphatic heterocycles. The maximum atomic E-state index is 4.15. The summed E-state index contributed by atoms with van der Waals surface area (Å²) in [6.45, 7) is 4.41. The largest absolute Gasteiger partial charge is 0.128 e. The molecule has 0 saturated heterocycles. The number of nitrogens with zero attached hydrogens (tertiary/aromatic N) is 3. The molecule has 0 amide bonds. The Kier molecular flexibility index (Phi) is 4.73. The Labute approximate surface area is 110 Å². The molecule has 3 nitrogen and oxygen atoms in total. The van der Waals surface area contributed by atoms with Crippen LogP contribution in [0.4, 0.5) is 11.4 Å². The van der Waals surface area contributed by atoms with Crippen LogP contribution < -0.4 is 5.43 Å². The van der Waals surface area contributed by atoms with Gasteiger partial charge in [0.05, 0.1) is 0 Å². The predicted octanol–water partition coefficient (Wildman–Crippen LogP) is 5.15. The number of hydrogen-bond acceptors (Lipinski definition) is 2. The Bertz CT molecular complexity index is 424. The Hall–Kier alpha value is -1.38. The smallest absolute Gasteiger partial charge is 0.118 e. The summed E-state index contributed by atoms with van der Waals surface area (Å²) in [6, 6.07) is 4.14. The fraction of sp³-hybridized carbons (Fsp3) is 0.600. The fourth-order valence-electron chi connectivity index (χ4n) is 2.43. The van der Waals surface area contributed by atoms with Gasteiger partial charge in [-0.3, -0.25) is 0 Å². The summed E-state index contributed by atoms with van der Waals surface area (Å²) in [6.07, 6.45) is 9.08. The molecule has 0 spiro atoms. The zero-order valence-electron chi connectivity index (χ0n) is 11.4. The highest BCUT2D eigenvalue weighted by atomic mass is 15.5. The SMILES string of the molecule is CCCCCCCCc1c(C)ccc2c1N=N[N]2. The Balaban J connectivity index is 1.86. The molecule has 1 aromatic carbocycles. The monoisotopic (exact) mass is 244 g/mol. The van der Waals surface area contributed by atoms with E-state index < -0.39 is 0 Å². The van der Waals surface area contributed by atoms with Crippen LogP contribution in [0, 0.1) is 6.92 Å². The van der Waals surface area contributed by atoms with Gasteiger partial charge in [-0.25, -0.2) is 0 Å². The zero-order valence-corrected chi connectivity index (χ0v) is 11.4. The van der Waals surface area contributed by atoms with Crippen molar-refractivity contribution in [1.29, 1.82) is 0 Å². The Morgan fingerprint density at radius 2 is 1.78 bits per heavy atom. The van der Waals surface area contributed by atoms with Crippen LogP contribution in [0.2, 0.25) is 0 Å². The number of rotatable bonds is 7. The molecule has 1 aliphatic rings. The molecule has 1 aromatic rings. The molecule has 0 bridgehead atoms. The van der Waals surface area contributed by atoms with E-state index in [4.69, 9.17) is 0 Å². The first-order chi connectivity index (χ1) is 8.83. The zero-order chi connectivity index (χ0) is 12.8. The third kappa shape index (κ3) is 3.09. The van der Waals surface area contributed by atoms with Crippen molar-refractivity contribution in [1.82, 2.24) is 5.43 Å². The van der Waals surface area contributed by atoms with E-state index in [0.29, 0.717) is 0 Å². The van der Waals surface area contributed by atoms with Crippen LogP contribution in [0.5, 0.6) is 0 Å². The molecule has 1 heterocycles. The van der Waals surface area contributed by atoms with E-state index in [1.807, 2.05) is 6.07 Å². The molecule has 0 atom stereocenters. The fourth-order valence-corrected chi connectivity index (χ4v) is 2.43. The topological polar surface area (TPSA) is 38.8 Å². The summed E-state index contributed by atoms with van der Waals surface area (Å²) in [5, 5.41) is 7.92. The summed E-state index contributed by atoms with van der Waals surface area (Å²) >= 11 is 0. The van der Waals surface area contributed by atoms with Gasteiger partial charge < -0.3 is 0 Å². The van der Waals surface area contributed by atoms with Crippen molar-refractivity contribution in [2.75, 3.05) is 0 Å². The van der Waals surface area contributed by atoms with Crippen LogP contribution >= 0.6 is 0 Å². The van der Waals surface area contributed by atoms with E-state index in [-0.39, 0.29) is 0 Å². The third-order valence-corrected chi connectivity index (χ3v) is 3.57. The van der Waals surface area contributed by atoms with Crippen molar-refractivity contribution in [3.8, 4) is 0 Å². The normalized spacial score (nSPS) is 12.6. The second-order valence-electron chi connectivity index (χ2n) is 5.04. The summed E-state index contributed by atoms with van der Waals surface area (Å²) in [4.78, 5) is 0. The second-order valence-corrected chi connectivity index (χ2v) is 5.04. The lowest BCUT2D eigenvalue weighted by Crippen LogP contribution is -1.92. The first-order valence-electron chi connectivity index (χ1n) is 7.07. The van der Waals surface area contributed by atoms with Gasteiger partial charge in [-0.05, 0) is 42.2 Å². The van der Waals surface area contributed by atoms with Crippen LogP contribution in [0.1, 0.15) is 56.6 Å². The van der Waals surface area contributed by atoms with Gasteiger partial charge in [-0.2, -0.15) is 0 Å². The molecule has 18 heavy (non-hydrogen) atoms. The minimum absolute atomic E-state index is 0.932. The summed E-state index contributed by atoms with van der Waals surface area (Å²) in [5.41, 5.74) is 8.62. The van der Waals surface area contributed by atoms with Crippen LogP contribution in [0.25, 0.3) is 0 Å². The van der Waals surface area contributed by atoms with Gasteiger partial charge in [0, 0.05) is 0 Å². The van der Waals surface area contributed by atoms with Crippen molar-refractivity contribution < 1.29 is 0 Å². The standard InChI is InChI=1S/C15H22N3/c1-3-4-5-6-7-8-9-13-12(2)10-11-14-15(13)17-18-16-14/h10-11H,3-9H2,1-2H3. The molecule has 0 N–H and O–H groups in total. The first kappa shape index (κ1) is 13.1. The highest BCUT2D eigenvalue weighted by Gasteiger charge is 2.15. The molecule has 3 heteroatoms. The van der Waals surface area contributed by atoms with Gasteiger partial charge in [0.15, 0.2) is 0 Å². The minimum atomic E-state index is 0.932. The van der Waals surface area contributed by atoms with Crippen LogP contribution in [0.3, 0.4) is 0 Å². The lowest BCUT2D eigenvalue weighted by atomic mass is 9.98. The van der Waals surface area contributed by atoms with Crippen molar-refractivity contribution in [2.45, 2.75) is 58.8 Å². The third-order valence-electron chi connectivity index (χ3n) is 3.57. The lowest BCUT2D eigenvalue weighted by Gasteiger charge is -2.08. The van der Waals surface area contributed by atoms with Crippen molar-refractivity contribution >= 4 is 11.4 Å². The average molecular weight is 244 g/mol. The average Bonchev–Trinajstić information content (AvgIpc) is 2.84. The number of aryl methyl sites for hydroxylation is 1. The quantitative estimate of drug-likeness (QED) is 0.595. The molecule has 2 rings (SSSR count).